The number of sulfonamides is 1. The molecule has 3 aromatic carbocycles. The van der Waals surface area contributed by atoms with Crippen molar-refractivity contribution in [1.29, 1.82) is 0 Å². The first-order valence-corrected chi connectivity index (χ1v) is 14.7. The Hall–Kier alpha value is -3.36. The van der Waals surface area contributed by atoms with Crippen molar-refractivity contribution in [3.05, 3.63) is 94.5 Å². The maximum absolute atomic E-state index is 13.9. The third kappa shape index (κ3) is 7.83. The van der Waals surface area contributed by atoms with Crippen molar-refractivity contribution in [1.82, 2.24) is 10.2 Å². The molecule has 0 saturated carbocycles. The molecule has 2 amide bonds. The van der Waals surface area contributed by atoms with E-state index in [4.69, 9.17) is 11.6 Å². The van der Waals surface area contributed by atoms with Crippen molar-refractivity contribution < 1.29 is 18.0 Å². The third-order valence-corrected chi connectivity index (χ3v) is 8.55. The van der Waals surface area contributed by atoms with Gasteiger partial charge in [-0.15, -0.1) is 0 Å². The van der Waals surface area contributed by atoms with Gasteiger partial charge in [-0.2, -0.15) is 0 Å². The van der Waals surface area contributed by atoms with Crippen LogP contribution in [-0.2, 0) is 26.2 Å². The predicted molar refractivity (Wildman–Crippen MR) is 156 cm³/mol. The van der Waals surface area contributed by atoms with E-state index in [9.17, 15) is 18.0 Å². The Morgan fingerprint density at radius 3 is 2.13 bits per heavy atom. The van der Waals surface area contributed by atoms with E-state index in [0.717, 1.165) is 21.0 Å². The molecular formula is C30H36ClN3O4S. The van der Waals surface area contributed by atoms with Crippen molar-refractivity contribution in [2.45, 2.75) is 52.1 Å². The summed E-state index contributed by atoms with van der Waals surface area (Å²) < 4.78 is 28.8. The molecule has 0 saturated heterocycles. The maximum Gasteiger partial charge on any atom is 0.264 e. The molecule has 0 heterocycles. The highest BCUT2D eigenvalue weighted by Crippen LogP contribution is 2.26. The summed E-state index contributed by atoms with van der Waals surface area (Å²) in [5, 5.41) is 3.43. The molecule has 1 N–H and O–H groups in total. The minimum atomic E-state index is -4.09. The van der Waals surface area contributed by atoms with Gasteiger partial charge in [0, 0.05) is 18.1 Å². The zero-order valence-electron chi connectivity index (χ0n) is 23.0. The lowest BCUT2D eigenvalue weighted by Gasteiger charge is -2.32. The molecule has 39 heavy (non-hydrogen) atoms. The molecule has 0 aliphatic carbocycles. The van der Waals surface area contributed by atoms with E-state index in [1.54, 1.807) is 61.5 Å². The number of nitrogens with zero attached hydrogens (tertiary/aromatic N) is 2. The lowest BCUT2D eigenvalue weighted by atomic mass is 10.1. The molecular weight excluding hydrogens is 534 g/mol. The second kappa shape index (κ2) is 13.1. The fraction of sp³-hybridized carbons (Fsp3) is 0.333. The van der Waals surface area contributed by atoms with E-state index in [0.29, 0.717) is 17.3 Å². The van der Waals surface area contributed by atoms with Crippen molar-refractivity contribution in [3.8, 4) is 0 Å². The standard InChI is InChI=1S/C30H36ClN3O4S/c1-21(2)18-32-30(36)24(5)33(19-25-12-14-26(31)15-13-25)29(35)20-34(27-16-11-22(3)23(4)17-27)39(37,38)28-9-7-6-8-10-28/h6-17,21,24H,18-20H2,1-5H3,(H,32,36)/t24-/m1/s1. The van der Waals surface area contributed by atoms with E-state index in [1.165, 1.54) is 17.0 Å². The van der Waals surface area contributed by atoms with Gasteiger partial charge in [-0.25, -0.2) is 8.42 Å². The lowest BCUT2D eigenvalue weighted by molar-refractivity contribution is -0.139. The van der Waals surface area contributed by atoms with Gasteiger partial charge in [-0.05, 0) is 79.8 Å². The van der Waals surface area contributed by atoms with Crippen LogP contribution in [0, 0.1) is 19.8 Å². The molecule has 0 aliphatic heterocycles. The quantitative estimate of drug-likeness (QED) is 0.338. The Balaban J connectivity index is 2.02. The van der Waals surface area contributed by atoms with E-state index < -0.39 is 28.5 Å². The molecule has 3 aromatic rings. The number of nitrogens with one attached hydrogen (secondary N) is 1. The third-order valence-electron chi connectivity index (χ3n) is 6.51. The van der Waals surface area contributed by atoms with Crippen LogP contribution in [0.25, 0.3) is 0 Å². The smallest absolute Gasteiger partial charge is 0.264 e. The zero-order chi connectivity index (χ0) is 28.7. The predicted octanol–water partition coefficient (Wildman–Crippen LogP) is 5.34. The lowest BCUT2D eigenvalue weighted by Crippen LogP contribution is -2.51. The average Bonchev–Trinajstić information content (AvgIpc) is 2.91. The Kier molecular flexibility index (Phi) is 10.2. The first-order valence-electron chi connectivity index (χ1n) is 12.9. The SMILES string of the molecule is Cc1ccc(N(CC(=O)N(Cc2ccc(Cl)cc2)[C@H](C)C(=O)NCC(C)C)S(=O)(=O)c2ccccc2)cc1C. The number of hydrogen-bond donors (Lipinski definition) is 1. The van der Waals surface area contributed by atoms with Crippen LogP contribution in [0.5, 0.6) is 0 Å². The molecule has 7 nitrogen and oxygen atoms in total. The van der Waals surface area contributed by atoms with Gasteiger partial charge in [-0.1, -0.05) is 61.8 Å². The number of carbonyl (C=O) groups is 2. The van der Waals surface area contributed by atoms with Gasteiger partial charge in [0.25, 0.3) is 10.0 Å². The Bertz CT molecular complexity index is 1390. The van der Waals surface area contributed by atoms with Crippen molar-refractivity contribution in [2.24, 2.45) is 5.92 Å². The Morgan fingerprint density at radius 2 is 1.54 bits per heavy atom. The molecule has 0 unspecified atom stereocenters. The molecule has 0 bridgehead atoms. The van der Waals surface area contributed by atoms with E-state index >= 15 is 0 Å². The highest BCUT2D eigenvalue weighted by atomic mass is 35.5. The molecule has 0 spiro atoms. The second-order valence-corrected chi connectivity index (χ2v) is 12.4. The maximum atomic E-state index is 13.9. The number of benzene rings is 3. The molecule has 9 heteroatoms. The molecule has 0 aliphatic rings. The van der Waals surface area contributed by atoms with Crippen LogP contribution in [0.3, 0.4) is 0 Å². The molecule has 0 radical (unpaired) electrons. The zero-order valence-corrected chi connectivity index (χ0v) is 24.6. The molecule has 1 atom stereocenters. The van der Waals surface area contributed by atoms with Crippen LogP contribution in [-0.4, -0.2) is 44.3 Å². The van der Waals surface area contributed by atoms with Gasteiger partial charge >= 0.3 is 0 Å². The van der Waals surface area contributed by atoms with Gasteiger partial charge in [0.2, 0.25) is 11.8 Å². The van der Waals surface area contributed by atoms with Gasteiger partial charge in [0.1, 0.15) is 12.6 Å². The minimum absolute atomic E-state index is 0.0722. The fourth-order valence-corrected chi connectivity index (χ4v) is 5.50. The monoisotopic (exact) mass is 569 g/mol. The highest BCUT2D eigenvalue weighted by molar-refractivity contribution is 7.92. The van der Waals surface area contributed by atoms with Crippen molar-refractivity contribution >= 4 is 39.1 Å². The number of anilines is 1. The molecule has 0 aromatic heterocycles. The second-order valence-electron chi connectivity index (χ2n) is 10.1. The number of carbonyl (C=O) groups excluding carboxylic acids is 2. The largest absolute Gasteiger partial charge is 0.354 e. The molecule has 208 valence electrons. The van der Waals surface area contributed by atoms with Crippen LogP contribution in [0.15, 0.2) is 77.7 Å². The van der Waals surface area contributed by atoms with Crippen LogP contribution < -0.4 is 9.62 Å². The van der Waals surface area contributed by atoms with Crippen LogP contribution in [0.1, 0.15) is 37.5 Å². The average molecular weight is 570 g/mol. The first kappa shape index (κ1) is 30.2. The summed E-state index contributed by atoms with van der Waals surface area (Å²) in [5.74, 6) is -0.581. The van der Waals surface area contributed by atoms with E-state index in [2.05, 4.69) is 5.32 Å². The summed E-state index contributed by atoms with van der Waals surface area (Å²) in [6.45, 7) is 9.54. The highest BCUT2D eigenvalue weighted by Gasteiger charge is 2.32. The summed E-state index contributed by atoms with van der Waals surface area (Å²) in [4.78, 5) is 28.4. The topological polar surface area (TPSA) is 86.8 Å². The first-order chi connectivity index (χ1) is 18.4. The Morgan fingerprint density at radius 1 is 0.897 bits per heavy atom. The number of aryl methyl sites for hydroxylation is 2. The van der Waals surface area contributed by atoms with Crippen molar-refractivity contribution in [3.63, 3.8) is 0 Å². The summed E-state index contributed by atoms with van der Waals surface area (Å²) in [6, 6.07) is 19.4. The molecule has 3 rings (SSSR count). The molecule has 0 fully saturated rings. The van der Waals surface area contributed by atoms with Gasteiger partial charge < -0.3 is 10.2 Å². The van der Waals surface area contributed by atoms with E-state index in [1.807, 2.05) is 33.8 Å². The van der Waals surface area contributed by atoms with Gasteiger partial charge in [-0.3, -0.25) is 13.9 Å². The normalized spacial score (nSPS) is 12.2. The fourth-order valence-electron chi connectivity index (χ4n) is 3.95. The summed E-state index contributed by atoms with van der Waals surface area (Å²) in [5.41, 5.74) is 3.04. The van der Waals surface area contributed by atoms with E-state index in [-0.39, 0.29) is 23.3 Å². The Labute approximate surface area is 236 Å². The van der Waals surface area contributed by atoms with Crippen LogP contribution in [0.4, 0.5) is 5.69 Å². The van der Waals surface area contributed by atoms with Crippen LogP contribution >= 0.6 is 11.6 Å². The number of halogens is 1. The van der Waals surface area contributed by atoms with Crippen LogP contribution in [0.2, 0.25) is 5.02 Å². The van der Waals surface area contributed by atoms with Gasteiger partial charge in [0.05, 0.1) is 10.6 Å². The minimum Gasteiger partial charge on any atom is -0.354 e. The summed E-state index contributed by atoms with van der Waals surface area (Å²) in [7, 11) is -4.09. The summed E-state index contributed by atoms with van der Waals surface area (Å²) in [6.07, 6.45) is 0. The number of rotatable bonds is 11. The number of hydrogen-bond acceptors (Lipinski definition) is 4. The van der Waals surface area contributed by atoms with Gasteiger partial charge in [0.15, 0.2) is 0 Å². The number of amides is 2. The van der Waals surface area contributed by atoms with Crippen molar-refractivity contribution in [2.75, 3.05) is 17.4 Å². The summed E-state index contributed by atoms with van der Waals surface area (Å²) >= 11 is 6.05.